The van der Waals surface area contributed by atoms with E-state index in [4.69, 9.17) is 14.2 Å². The summed E-state index contributed by atoms with van der Waals surface area (Å²) in [6.07, 6.45) is 85.2. The second kappa shape index (κ2) is 69.4. The van der Waals surface area contributed by atoms with Gasteiger partial charge in [-0.15, -0.1) is 0 Å². The summed E-state index contributed by atoms with van der Waals surface area (Å²) in [5.74, 6) is -0.854. The molecule has 0 aliphatic carbocycles. The molecule has 0 aliphatic heterocycles. The third-order valence-corrected chi connectivity index (χ3v) is 16.7. The number of allylic oxidation sites excluding steroid dienone is 4. The third kappa shape index (κ3) is 66.7. The number of carbonyl (C=O) groups excluding carboxylic acids is 3. The predicted octanol–water partition coefficient (Wildman–Crippen LogP) is 25.0. The fraction of sp³-hybridized carbons (Fsp3) is 0.905. The maximum atomic E-state index is 12.9. The zero-order chi connectivity index (χ0) is 57.8. The van der Waals surface area contributed by atoms with Crippen LogP contribution in [0.4, 0.5) is 0 Å². The first-order valence-corrected chi connectivity index (χ1v) is 36.3. The SMILES string of the molecule is CCCC/C=C\C/C=C\CCCCCCCC(=O)OCC(COC(=O)CCCCCCCCCCCCCCCCCCCCCCCCCCCCCCCCCCC)OC(=O)CCCCCCCCCCCCCCCCC. The Balaban J connectivity index is 4.07. The van der Waals surface area contributed by atoms with Gasteiger partial charge < -0.3 is 14.2 Å². The predicted molar refractivity (Wildman–Crippen MR) is 349 cm³/mol. The minimum atomic E-state index is -0.773. The van der Waals surface area contributed by atoms with E-state index in [9.17, 15) is 14.4 Å². The molecule has 80 heavy (non-hydrogen) atoms. The van der Waals surface area contributed by atoms with Crippen molar-refractivity contribution in [3.8, 4) is 0 Å². The van der Waals surface area contributed by atoms with Crippen LogP contribution in [0.2, 0.25) is 0 Å². The number of unbranched alkanes of at least 4 members (excludes halogenated alkanes) is 53. The molecule has 0 rings (SSSR count). The van der Waals surface area contributed by atoms with Gasteiger partial charge in [-0.25, -0.2) is 0 Å². The van der Waals surface area contributed by atoms with Crippen molar-refractivity contribution in [1.29, 1.82) is 0 Å². The van der Waals surface area contributed by atoms with Crippen LogP contribution in [0.5, 0.6) is 0 Å². The quantitative estimate of drug-likeness (QED) is 0.0261. The highest BCUT2D eigenvalue weighted by atomic mass is 16.6. The summed E-state index contributed by atoms with van der Waals surface area (Å²) < 4.78 is 17.0. The molecule has 0 saturated carbocycles. The minimum absolute atomic E-state index is 0.0695. The molecule has 0 heterocycles. The van der Waals surface area contributed by atoms with E-state index < -0.39 is 6.10 Å². The van der Waals surface area contributed by atoms with E-state index >= 15 is 0 Å². The van der Waals surface area contributed by atoms with E-state index in [2.05, 4.69) is 45.1 Å². The van der Waals surface area contributed by atoms with Crippen molar-refractivity contribution in [2.24, 2.45) is 0 Å². The van der Waals surface area contributed by atoms with Crippen molar-refractivity contribution in [3.05, 3.63) is 24.3 Å². The van der Waals surface area contributed by atoms with E-state index in [0.717, 1.165) is 77.0 Å². The van der Waals surface area contributed by atoms with Gasteiger partial charge in [0.15, 0.2) is 6.10 Å². The Morgan fingerprint density at radius 3 is 0.725 bits per heavy atom. The van der Waals surface area contributed by atoms with Crippen molar-refractivity contribution in [2.45, 2.75) is 419 Å². The Labute approximate surface area is 500 Å². The van der Waals surface area contributed by atoms with Crippen LogP contribution in [0.25, 0.3) is 0 Å². The van der Waals surface area contributed by atoms with Crippen molar-refractivity contribution < 1.29 is 28.6 Å². The molecule has 0 aromatic carbocycles. The summed E-state index contributed by atoms with van der Waals surface area (Å²) in [5.41, 5.74) is 0. The fourth-order valence-electron chi connectivity index (χ4n) is 11.2. The molecular weight excluding hydrogens is 985 g/mol. The highest BCUT2D eigenvalue weighted by molar-refractivity contribution is 5.71. The van der Waals surface area contributed by atoms with Gasteiger partial charge in [0.2, 0.25) is 0 Å². The molecule has 0 N–H and O–H groups in total. The Bertz CT molecular complexity index is 1290. The Hall–Kier alpha value is -2.11. The largest absolute Gasteiger partial charge is 0.462 e. The van der Waals surface area contributed by atoms with Crippen LogP contribution >= 0.6 is 0 Å². The average molecular weight is 1130 g/mol. The lowest BCUT2D eigenvalue weighted by Crippen LogP contribution is -2.30. The van der Waals surface area contributed by atoms with Gasteiger partial charge in [0.25, 0.3) is 0 Å². The van der Waals surface area contributed by atoms with Crippen LogP contribution in [0, 0.1) is 0 Å². The Morgan fingerprint density at radius 1 is 0.250 bits per heavy atom. The highest BCUT2D eigenvalue weighted by Gasteiger charge is 2.19. The van der Waals surface area contributed by atoms with Gasteiger partial charge >= 0.3 is 17.9 Å². The molecule has 0 amide bonds. The van der Waals surface area contributed by atoms with Gasteiger partial charge in [0.1, 0.15) is 13.2 Å². The van der Waals surface area contributed by atoms with E-state index in [1.54, 1.807) is 0 Å². The Morgan fingerprint density at radius 2 is 0.463 bits per heavy atom. The molecule has 0 radical (unpaired) electrons. The number of hydrogen-bond acceptors (Lipinski definition) is 6. The van der Waals surface area contributed by atoms with Crippen molar-refractivity contribution in [2.75, 3.05) is 13.2 Å². The molecule has 1 unspecified atom stereocenters. The van der Waals surface area contributed by atoms with Gasteiger partial charge in [-0.3, -0.25) is 14.4 Å². The van der Waals surface area contributed by atoms with Crippen LogP contribution in [0.15, 0.2) is 24.3 Å². The van der Waals surface area contributed by atoms with E-state index in [1.807, 2.05) is 0 Å². The zero-order valence-corrected chi connectivity index (χ0v) is 54.4. The average Bonchev–Trinajstić information content (AvgIpc) is 3.46. The monoisotopic (exact) mass is 1130 g/mol. The molecule has 0 bridgehead atoms. The van der Waals surface area contributed by atoms with Crippen LogP contribution in [-0.4, -0.2) is 37.2 Å². The fourth-order valence-corrected chi connectivity index (χ4v) is 11.2. The van der Waals surface area contributed by atoms with Gasteiger partial charge in [0, 0.05) is 19.3 Å². The molecule has 472 valence electrons. The highest BCUT2D eigenvalue weighted by Crippen LogP contribution is 2.19. The molecule has 0 spiro atoms. The summed E-state index contributed by atoms with van der Waals surface area (Å²) in [6, 6.07) is 0. The number of hydrogen-bond donors (Lipinski definition) is 0. The smallest absolute Gasteiger partial charge is 0.306 e. The Kier molecular flexibility index (Phi) is 67.6. The normalized spacial score (nSPS) is 12.1. The van der Waals surface area contributed by atoms with Crippen LogP contribution < -0.4 is 0 Å². The summed E-state index contributed by atoms with van der Waals surface area (Å²) in [5, 5.41) is 0. The molecule has 6 heteroatoms. The first kappa shape index (κ1) is 77.9. The van der Waals surface area contributed by atoms with E-state index in [-0.39, 0.29) is 31.1 Å². The third-order valence-electron chi connectivity index (χ3n) is 16.7. The topological polar surface area (TPSA) is 78.9 Å². The summed E-state index contributed by atoms with van der Waals surface area (Å²) in [4.78, 5) is 38.4. The maximum absolute atomic E-state index is 12.9. The van der Waals surface area contributed by atoms with E-state index in [1.165, 1.54) is 295 Å². The van der Waals surface area contributed by atoms with Crippen molar-refractivity contribution in [1.82, 2.24) is 0 Å². The summed E-state index contributed by atoms with van der Waals surface area (Å²) in [7, 11) is 0. The number of ether oxygens (including phenoxy) is 3. The number of esters is 3. The van der Waals surface area contributed by atoms with Gasteiger partial charge in [0.05, 0.1) is 0 Å². The molecule has 0 fully saturated rings. The van der Waals surface area contributed by atoms with Crippen LogP contribution in [-0.2, 0) is 28.6 Å². The molecule has 6 nitrogen and oxygen atoms in total. The van der Waals surface area contributed by atoms with Crippen molar-refractivity contribution >= 4 is 17.9 Å². The molecular formula is C74H140O6. The number of rotatable bonds is 68. The second-order valence-electron chi connectivity index (χ2n) is 24.9. The minimum Gasteiger partial charge on any atom is -0.462 e. The number of carbonyl (C=O) groups is 3. The van der Waals surface area contributed by atoms with Crippen LogP contribution in [0.3, 0.4) is 0 Å². The van der Waals surface area contributed by atoms with Gasteiger partial charge in [-0.05, 0) is 44.9 Å². The van der Waals surface area contributed by atoms with Gasteiger partial charge in [-0.2, -0.15) is 0 Å². The molecule has 0 aliphatic rings. The second-order valence-corrected chi connectivity index (χ2v) is 24.9. The van der Waals surface area contributed by atoms with E-state index in [0.29, 0.717) is 19.3 Å². The maximum Gasteiger partial charge on any atom is 0.306 e. The molecule has 0 saturated heterocycles. The summed E-state index contributed by atoms with van der Waals surface area (Å²) >= 11 is 0. The first-order chi connectivity index (χ1) is 39.5. The van der Waals surface area contributed by atoms with Crippen molar-refractivity contribution in [3.63, 3.8) is 0 Å². The molecule has 1 atom stereocenters. The lowest BCUT2D eigenvalue weighted by Gasteiger charge is -2.18. The lowest BCUT2D eigenvalue weighted by molar-refractivity contribution is -0.167. The first-order valence-electron chi connectivity index (χ1n) is 36.3. The lowest BCUT2D eigenvalue weighted by atomic mass is 10.0. The molecule has 0 aromatic rings. The standard InChI is InChI=1S/C74H140O6/c1-4-7-10-13-16-19-22-25-28-29-30-31-32-33-34-35-36-37-38-39-40-41-42-43-44-45-47-49-52-55-58-61-64-67-73(76)79-70-71(69-78-72(75)66-63-60-57-54-51-48-27-24-21-18-15-12-9-6-3)80-74(77)68-65-62-59-56-53-50-46-26-23-20-17-14-11-8-5-2/h15,18,24,27,71H,4-14,16-17,19-23,25-26,28-70H2,1-3H3/b18-15-,27-24-. The van der Waals surface area contributed by atoms with Gasteiger partial charge in [-0.1, -0.05) is 373 Å². The van der Waals surface area contributed by atoms with Crippen LogP contribution in [0.1, 0.15) is 412 Å². The zero-order valence-electron chi connectivity index (χ0n) is 54.4. The molecule has 0 aromatic heterocycles. The summed E-state index contributed by atoms with van der Waals surface area (Å²) in [6.45, 7) is 6.67.